The van der Waals surface area contributed by atoms with Gasteiger partial charge in [0.05, 0.1) is 16.9 Å². The van der Waals surface area contributed by atoms with E-state index in [0.717, 1.165) is 6.07 Å². The Bertz CT molecular complexity index is 1460. The number of hydrogen-bond donors (Lipinski definition) is 6. The standard InChI is InChI=1S/C19H15F4N3O7.C6H4ClF/c1-7-13(16(29)24-6-27)11(5-12-14(7)26-17(30)19(31,32)33-12)25-15(28)8-2-9(18(21,22)23)4-10(20)3-8;7-5-1-3-6(8)4-2-5/h2-6,16,29,31-32H,1H3,(H,24,27)(H,25,28)(H,26,30);1-4H. The maximum absolute atomic E-state index is 13.7. The van der Waals surface area contributed by atoms with E-state index in [2.05, 4.69) is 10.6 Å². The number of alkyl halides is 3. The Labute approximate surface area is 232 Å². The van der Waals surface area contributed by atoms with E-state index in [1.807, 2.05) is 5.32 Å². The van der Waals surface area contributed by atoms with E-state index >= 15 is 0 Å². The van der Waals surface area contributed by atoms with Gasteiger partial charge in [-0.05, 0) is 55.0 Å². The second-order valence-corrected chi connectivity index (χ2v) is 8.74. The number of carbonyl (C=O) groups excluding carboxylic acids is 3. The molecule has 3 amide bonds. The Morgan fingerprint density at radius 3 is 2.29 bits per heavy atom. The lowest BCUT2D eigenvalue weighted by molar-refractivity contribution is -0.270. The zero-order valence-electron chi connectivity index (χ0n) is 20.5. The number of ether oxygens (including phenoxy) is 1. The summed E-state index contributed by atoms with van der Waals surface area (Å²) in [6.07, 6.45) is -6.61. The fraction of sp³-hybridized carbons (Fsp3) is 0.160. The minimum absolute atomic E-state index is 0.0104. The molecular formula is C25H19ClF5N3O7. The van der Waals surface area contributed by atoms with Crippen LogP contribution < -0.4 is 20.7 Å². The van der Waals surface area contributed by atoms with Crippen molar-refractivity contribution in [3.8, 4) is 5.75 Å². The second-order valence-electron chi connectivity index (χ2n) is 8.30. The van der Waals surface area contributed by atoms with Crippen LogP contribution in [0, 0.1) is 18.6 Å². The summed E-state index contributed by atoms with van der Waals surface area (Å²) in [5, 5.41) is 36.3. The van der Waals surface area contributed by atoms with Gasteiger partial charge in [0.15, 0.2) is 12.0 Å². The lowest BCUT2D eigenvalue weighted by atomic mass is 10.00. The predicted octanol–water partition coefficient (Wildman–Crippen LogP) is 3.59. The molecule has 16 heteroatoms. The van der Waals surface area contributed by atoms with Gasteiger partial charge in [-0.1, -0.05) is 11.6 Å². The van der Waals surface area contributed by atoms with Gasteiger partial charge < -0.3 is 36.0 Å². The van der Waals surface area contributed by atoms with Crippen LogP contribution in [0.3, 0.4) is 0 Å². The van der Waals surface area contributed by atoms with Crippen molar-refractivity contribution in [2.45, 2.75) is 25.3 Å². The van der Waals surface area contributed by atoms with E-state index < -0.39 is 52.9 Å². The van der Waals surface area contributed by atoms with Gasteiger partial charge in [-0.15, -0.1) is 0 Å². The summed E-state index contributed by atoms with van der Waals surface area (Å²) < 4.78 is 69.4. The number of aliphatic hydroxyl groups excluding tert-OH is 1. The summed E-state index contributed by atoms with van der Waals surface area (Å²) in [5.41, 5.74) is -2.90. The Kier molecular flexibility index (Phi) is 9.18. The molecule has 0 aromatic heterocycles. The maximum atomic E-state index is 13.7. The number of amides is 3. The highest BCUT2D eigenvalue weighted by molar-refractivity contribution is 6.30. The Morgan fingerprint density at radius 1 is 1.10 bits per heavy atom. The summed E-state index contributed by atoms with van der Waals surface area (Å²) in [6.45, 7) is 1.30. The summed E-state index contributed by atoms with van der Waals surface area (Å²) in [6, 6.07) is 7.71. The first kappa shape index (κ1) is 31.2. The summed E-state index contributed by atoms with van der Waals surface area (Å²) in [7, 11) is 0. The number of carbonyl (C=O) groups is 3. The van der Waals surface area contributed by atoms with Crippen molar-refractivity contribution in [3.05, 3.63) is 87.4 Å². The van der Waals surface area contributed by atoms with Gasteiger partial charge >= 0.3 is 18.1 Å². The molecule has 0 spiro atoms. The van der Waals surface area contributed by atoms with Crippen molar-refractivity contribution in [1.82, 2.24) is 5.32 Å². The molecule has 218 valence electrons. The lowest BCUT2D eigenvalue weighted by Crippen LogP contribution is -2.51. The molecule has 1 aliphatic rings. The third-order valence-corrected chi connectivity index (χ3v) is 5.67. The van der Waals surface area contributed by atoms with Crippen LogP contribution in [0.4, 0.5) is 33.3 Å². The number of fused-ring (bicyclic) bond motifs is 1. The number of nitrogens with one attached hydrogen (secondary N) is 3. The molecule has 1 unspecified atom stereocenters. The highest BCUT2D eigenvalue weighted by Gasteiger charge is 2.43. The van der Waals surface area contributed by atoms with E-state index in [9.17, 15) is 51.7 Å². The minimum atomic E-state index is -4.94. The maximum Gasteiger partial charge on any atom is 0.416 e. The third kappa shape index (κ3) is 7.46. The van der Waals surface area contributed by atoms with Crippen LogP contribution in [0.25, 0.3) is 0 Å². The average molecular weight is 604 g/mol. The fourth-order valence-corrected chi connectivity index (χ4v) is 3.67. The van der Waals surface area contributed by atoms with E-state index in [1.165, 1.54) is 31.2 Å². The molecule has 6 N–H and O–H groups in total. The Morgan fingerprint density at radius 2 is 1.73 bits per heavy atom. The molecule has 41 heavy (non-hydrogen) atoms. The lowest BCUT2D eigenvalue weighted by Gasteiger charge is -2.31. The number of anilines is 2. The predicted molar refractivity (Wildman–Crippen MR) is 133 cm³/mol. The molecule has 4 rings (SSSR count). The number of halogens is 6. The van der Waals surface area contributed by atoms with Crippen LogP contribution in [0.2, 0.25) is 5.02 Å². The number of benzene rings is 3. The van der Waals surface area contributed by atoms with Crippen molar-refractivity contribution in [2.75, 3.05) is 10.6 Å². The van der Waals surface area contributed by atoms with Crippen molar-refractivity contribution >= 4 is 41.2 Å². The number of hydrogen-bond acceptors (Lipinski definition) is 7. The largest absolute Gasteiger partial charge is 0.430 e. The molecule has 3 aromatic carbocycles. The summed E-state index contributed by atoms with van der Waals surface area (Å²) in [5.74, 6) is -7.89. The van der Waals surface area contributed by atoms with Gasteiger partial charge in [-0.3, -0.25) is 14.4 Å². The Balaban J connectivity index is 0.000000496. The van der Waals surface area contributed by atoms with Crippen LogP contribution >= 0.6 is 11.6 Å². The smallest absolute Gasteiger partial charge is 0.416 e. The third-order valence-electron chi connectivity index (χ3n) is 5.42. The van der Waals surface area contributed by atoms with Gasteiger partial charge in [0.25, 0.3) is 5.91 Å². The van der Waals surface area contributed by atoms with Crippen LogP contribution in [0.1, 0.15) is 33.3 Å². The van der Waals surface area contributed by atoms with Crippen molar-refractivity contribution < 1.29 is 56.4 Å². The van der Waals surface area contributed by atoms with E-state index in [4.69, 9.17) is 16.3 Å². The van der Waals surface area contributed by atoms with Gasteiger partial charge in [0.2, 0.25) is 6.41 Å². The molecule has 0 bridgehead atoms. The number of rotatable bonds is 5. The van der Waals surface area contributed by atoms with E-state index in [0.29, 0.717) is 17.2 Å². The van der Waals surface area contributed by atoms with Crippen molar-refractivity contribution in [3.63, 3.8) is 0 Å². The van der Waals surface area contributed by atoms with Gasteiger partial charge in [0.1, 0.15) is 11.6 Å². The quantitative estimate of drug-likeness (QED) is 0.148. The van der Waals surface area contributed by atoms with Gasteiger partial charge in [0, 0.05) is 22.2 Å². The summed E-state index contributed by atoms with van der Waals surface area (Å²) >= 11 is 5.44. The zero-order valence-corrected chi connectivity index (χ0v) is 21.3. The molecule has 0 saturated carbocycles. The first-order valence-electron chi connectivity index (χ1n) is 11.1. The SMILES string of the molecule is Cc1c2c(cc(NC(=O)c3cc(F)cc(C(F)(F)F)c3)c1C(O)NC=O)OC(O)(O)C(=O)N2.Fc1ccc(Cl)cc1. The van der Waals surface area contributed by atoms with Gasteiger partial charge in [-0.25, -0.2) is 8.78 Å². The highest BCUT2D eigenvalue weighted by Crippen LogP contribution is 2.42. The molecule has 0 fully saturated rings. The van der Waals surface area contributed by atoms with Crippen LogP contribution in [0.5, 0.6) is 5.75 Å². The first-order valence-corrected chi connectivity index (χ1v) is 11.5. The number of aliphatic hydroxyl groups is 3. The average Bonchev–Trinajstić information content (AvgIpc) is 2.86. The van der Waals surface area contributed by atoms with Crippen molar-refractivity contribution in [1.29, 1.82) is 0 Å². The Hall–Kier alpha value is -4.31. The van der Waals surface area contributed by atoms with E-state index in [-0.39, 0.29) is 40.8 Å². The minimum Gasteiger partial charge on any atom is -0.430 e. The van der Waals surface area contributed by atoms with Crippen LogP contribution in [0.15, 0.2) is 48.5 Å². The highest BCUT2D eigenvalue weighted by atomic mass is 35.5. The topological polar surface area (TPSA) is 157 Å². The second kappa shape index (κ2) is 12.1. The molecule has 1 aliphatic heterocycles. The molecule has 1 heterocycles. The molecule has 3 aromatic rings. The van der Waals surface area contributed by atoms with E-state index in [1.54, 1.807) is 0 Å². The molecule has 1 atom stereocenters. The van der Waals surface area contributed by atoms with Gasteiger partial charge in [-0.2, -0.15) is 13.2 Å². The van der Waals surface area contributed by atoms with Crippen molar-refractivity contribution in [2.24, 2.45) is 0 Å². The zero-order chi connectivity index (χ0) is 30.7. The van der Waals surface area contributed by atoms with Crippen LogP contribution in [-0.4, -0.2) is 39.5 Å². The molecular weight excluding hydrogens is 585 g/mol. The molecule has 10 nitrogen and oxygen atoms in total. The molecule has 0 aliphatic carbocycles. The first-order chi connectivity index (χ1) is 19.0. The molecule has 0 saturated heterocycles. The molecule has 0 radical (unpaired) electrons. The van der Waals surface area contributed by atoms with Crippen LogP contribution in [-0.2, 0) is 15.8 Å². The summed E-state index contributed by atoms with van der Waals surface area (Å²) in [4.78, 5) is 35.2. The monoisotopic (exact) mass is 603 g/mol. The normalized spacial score (nSPS) is 14.3. The fourth-order valence-electron chi connectivity index (χ4n) is 3.54.